The van der Waals surface area contributed by atoms with E-state index in [2.05, 4.69) is 28.8 Å². The first kappa shape index (κ1) is 24.3. The average molecular weight is 444 g/mol. The first-order valence-electron chi connectivity index (χ1n) is 11.9. The minimum atomic E-state index is -0.730. The summed E-state index contributed by atoms with van der Waals surface area (Å²) in [6.07, 6.45) is 2.83. The fourth-order valence-corrected chi connectivity index (χ4v) is 3.93. The minimum Gasteiger partial charge on any atom is -0.463 e. The molecule has 1 unspecified atom stereocenters. The molecule has 0 bridgehead atoms. The van der Waals surface area contributed by atoms with Gasteiger partial charge in [0.15, 0.2) is 0 Å². The van der Waals surface area contributed by atoms with Gasteiger partial charge in [0, 0.05) is 44.7 Å². The summed E-state index contributed by atoms with van der Waals surface area (Å²) in [5.41, 5.74) is 2.90. The van der Waals surface area contributed by atoms with Crippen LogP contribution in [0.4, 0.5) is 5.88 Å². The van der Waals surface area contributed by atoms with Gasteiger partial charge in [-0.15, -0.1) is 0 Å². The Labute approximate surface area is 191 Å². The lowest BCUT2D eigenvalue weighted by Crippen LogP contribution is -2.37. The van der Waals surface area contributed by atoms with E-state index in [0.717, 1.165) is 48.8 Å². The average Bonchev–Trinajstić information content (AvgIpc) is 3.52. The molecule has 1 saturated carbocycles. The molecule has 1 aliphatic rings. The smallest absolute Gasteiger partial charge is 0.305 e. The fraction of sp³-hybridized carbons (Fsp3) is 0.600. The number of carbonyl (C=O) groups is 1. The van der Waals surface area contributed by atoms with Crippen LogP contribution in [-0.4, -0.2) is 60.0 Å². The normalized spacial score (nSPS) is 14.5. The van der Waals surface area contributed by atoms with Crippen LogP contribution in [0.1, 0.15) is 52.0 Å². The van der Waals surface area contributed by atoms with Crippen molar-refractivity contribution in [2.75, 3.05) is 37.7 Å². The van der Waals surface area contributed by atoms with Crippen molar-refractivity contribution in [3.8, 4) is 11.3 Å². The molecular weight excluding hydrogens is 406 g/mol. The summed E-state index contributed by atoms with van der Waals surface area (Å²) in [5.74, 6) is 1.19. The number of aromatic nitrogens is 1. The van der Waals surface area contributed by atoms with E-state index in [-0.39, 0.29) is 12.6 Å². The Morgan fingerprint density at radius 3 is 2.56 bits per heavy atom. The topological polar surface area (TPSA) is 79.0 Å². The number of carbonyl (C=O) groups excluding carboxylic acids is 1. The maximum Gasteiger partial charge on any atom is 0.305 e. The zero-order valence-electron chi connectivity index (χ0n) is 19.6. The van der Waals surface area contributed by atoms with Crippen LogP contribution in [0.2, 0.25) is 0 Å². The number of benzene rings is 1. The summed E-state index contributed by atoms with van der Waals surface area (Å²) < 4.78 is 11.1. The second kappa shape index (κ2) is 12.0. The number of ether oxygens (including phenoxy) is 1. The van der Waals surface area contributed by atoms with E-state index in [4.69, 9.17) is 9.26 Å². The molecule has 7 heteroatoms. The first-order chi connectivity index (χ1) is 15.5. The molecule has 1 aliphatic carbocycles. The van der Waals surface area contributed by atoms with Crippen molar-refractivity contribution in [2.45, 2.75) is 59.1 Å². The van der Waals surface area contributed by atoms with Crippen molar-refractivity contribution in [3.63, 3.8) is 0 Å². The van der Waals surface area contributed by atoms with Gasteiger partial charge in [-0.1, -0.05) is 42.4 Å². The third-order valence-electron chi connectivity index (χ3n) is 5.82. The third-order valence-corrected chi connectivity index (χ3v) is 5.82. The van der Waals surface area contributed by atoms with Gasteiger partial charge in [0.25, 0.3) is 0 Å². The maximum absolute atomic E-state index is 11.7. The summed E-state index contributed by atoms with van der Waals surface area (Å²) in [5, 5.41) is 15.0. The molecule has 0 amide bonds. The first-order valence-corrected chi connectivity index (χ1v) is 11.9. The Kier molecular flexibility index (Phi) is 9.11. The van der Waals surface area contributed by atoms with E-state index in [1.165, 1.54) is 12.8 Å². The Bertz CT molecular complexity index is 831. The summed E-state index contributed by atoms with van der Waals surface area (Å²) in [7, 11) is 0. The van der Waals surface area contributed by atoms with Crippen molar-refractivity contribution < 1.29 is 19.2 Å². The molecule has 0 aliphatic heterocycles. The van der Waals surface area contributed by atoms with Gasteiger partial charge in [-0.3, -0.25) is 9.69 Å². The van der Waals surface area contributed by atoms with Gasteiger partial charge < -0.3 is 19.3 Å². The van der Waals surface area contributed by atoms with Gasteiger partial charge in [0.1, 0.15) is 18.4 Å². The molecule has 1 heterocycles. The predicted octanol–water partition coefficient (Wildman–Crippen LogP) is 4.10. The van der Waals surface area contributed by atoms with Crippen molar-refractivity contribution in [1.29, 1.82) is 0 Å². The van der Waals surface area contributed by atoms with E-state index < -0.39 is 6.10 Å². The van der Waals surface area contributed by atoms with E-state index in [0.29, 0.717) is 25.4 Å². The lowest BCUT2D eigenvalue weighted by atomic mass is 10.1. The van der Waals surface area contributed by atoms with Crippen molar-refractivity contribution in [3.05, 3.63) is 35.9 Å². The zero-order valence-corrected chi connectivity index (χ0v) is 19.6. The Morgan fingerprint density at radius 1 is 1.22 bits per heavy atom. The highest BCUT2D eigenvalue weighted by Gasteiger charge is 2.29. The molecule has 32 heavy (non-hydrogen) atoms. The molecule has 1 atom stereocenters. The van der Waals surface area contributed by atoms with Crippen LogP contribution < -0.4 is 4.90 Å². The summed E-state index contributed by atoms with van der Waals surface area (Å²) in [6, 6.07) is 10.1. The lowest BCUT2D eigenvalue weighted by Gasteiger charge is -2.26. The molecular formula is C25H37N3O4. The van der Waals surface area contributed by atoms with Gasteiger partial charge in [-0.2, -0.15) is 0 Å². The molecule has 1 aromatic heterocycles. The van der Waals surface area contributed by atoms with Crippen molar-refractivity contribution >= 4 is 11.9 Å². The lowest BCUT2D eigenvalue weighted by molar-refractivity contribution is -0.147. The Morgan fingerprint density at radius 2 is 1.94 bits per heavy atom. The van der Waals surface area contributed by atoms with Gasteiger partial charge >= 0.3 is 5.97 Å². The second-order valence-corrected chi connectivity index (χ2v) is 8.58. The van der Waals surface area contributed by atoms with E-state index in [1.54, 1.807) is 0 Å². The largest absolute Gasteiger partial charge is 0.463 e. The fourth-order valence-electron chi connectivity index (χ4n) is 3.93. The van der Waals surface area contributed by atoms with E-state index >= 15 is 0 Å². The second-order valence-electron chi connectivity index (χ2n) is 8.58. The van der Waals surface area contributed by atoms with Crippen LogP contribution in [0.5, 0.6) is 0 Å². The van der Waals surface area contributed by atoms with Crippen LogP contribution in [-0.2, 0) is 16.1 Å². The van der Waals surface area contributed by atoms with Crippen LogP contribution in [0.25, 0.3) is 11.3 Å². The van der Waals surface area contributed by atoms with Gasteiger partial charge in [-0.25, -0.2) is 0 Å². The maximum atomic E-state index is 11.7. The summed E-state index contributed by atoms with van der Waals surface area (Å²) >= 11 is 0. The molecule has 3 rings (SSSR count). The molecule has 0 saturated heterocycles. The Hall–Kier alpha value is -2.38. The molecule has 1 N–H and O–H groups in total. The molecule has 1 fully saturated rings. The number of aliphatic hydroxyl groups excluding tert-OH is 1. The number of nitrogens with zero attached hydrogens (tertiary/aromatic N) is 3. The van der Waals surface area contributed by atoms with E-state index in [1.807, 2.05) is 37.3 Å². The number of hydrogen-bond donors (Lipinski definition) is 1. The Balaban J connectivity index is 1.79. The quantitative estimate of drug-likeness (QED) is 0.440. The molecule has 176 valence electrons. The van der Waals surface area contributed by atoms with Gasteiger partial charge in [0.2, 0.25) is 5.88 Å². The molecule has 0 radical (unpaired) electrons. The zero-order chi connectivity index (χ0) is 22.9. The number of anilines is 1. The molecule has 2 aromatic rings. The molecule has 7 nitrogen and oxygen atoms in total. The molecule has 1 aromatic carbocycles. The summed E-state index contributed by atoms with van der Waals surface area (Å²) in [4.78, 5) is 16.1. The standard InChI is InChI=1S/C25H37N3O4/c1-4-10-23(30)31-18-21(29)16-27(15-19-13-14-19)17-22-24(20-11-8-7-9-12-20)26-32-25(22)28(5-2)6-3/h7-9,11-12,19,21,29H,4-6,10,13-18H2,1-3H3. The highest BCUT2D eigenvalue weighted by atomic mass is 16.5. The van der Waals surface area contributed by atoms with Crippen LogP contribution in [0, 0.1) is 5.92 Å². The third kappa shape index (κ3) is 6.81. The van der Waals surface area contributed by atoms with Crippen molar-refractivity contribution in [1.82, 2.24) is 10.1 Å². The molecule has 0 spiro atoms. The van der Waals surface area contributed by atoms with E-state index in [9.17, 15) is 9.90 Å². The number of esters is 1. The van der Waals surface area contributed by atoms with Crippen molar-refractivity contribution in [2.24, 2.45) is 5.92 Å². The number of rotatable bonds is 14. The minimum absolute atomic E-state index is 0.0259. The van der Waals surface area contributed by atoms with Crippen LogP contribution >= 0.6 is 0 Å². The number of aliphatic hydroxyl groups is 1. The van der Waals surface area contributed by atoms with Crippen LogP contribution in [0.15, 0.2) is 34.9 Å². The summed E-state index contributed by atoms with van der Waals surface area (Å²) in [6.45, 7) is 9.78. The van der Waals surface area contributed by atoms with Gasteiger partial charge in [-0.05, 0) is 39.0 Å². The van der Waals surface area contributed by atoms with Crippen LogP contribution in [0.3, 0.4) is 0 Å². The highest BCUT2D eigenvalue weighted by molar-refractivity contribution is 5.69. The number of hydrogen-bond acceptors (Lipinski definition) is 7. The SMILES string of the molecule is CCCC(=O)OCC(O)CN(Cc1c(-c2ccccc2)noc1N(CC)CC)CC1CC1. The van der Waals surface area contributed by atoms with Gasteiger partial charge in [0.05, 0.1) is 5.56 Å². The predicted molar refractivity (Wildman–Crippen MR) is 125 cm³/mol. The highest BCUT2D eigenvalue weighted by Crippen LogP contribution is 2.35. The monoisotopic (exact) mass is 443 g/mol.